The molecule has 1 aromatic rings. The monoisotopic (exact) mass is 277 g/mol. The van der Waals surface area contributed by atoms with Crippen LogP contribution in [0.3, 0.4) is 0 Å². The second-order valence-corrected chi connectivity index (χ2v) is 4.81. The van der Waals surface area contributed by atoms with Gasteiger partial charge in [0.2, 0.25) is 0 Å². The molecule has 5 nitrogen and oxygen atoms in total. The number of carbonyl (C=O) groups is 1. The third-order valence-corrected chi connectivity index (χ3v) is 3.16. The molecule has 1 aromatic carbocycles. The van der Waals surface area contributed by atoms with E-state index in [0.29, 0.717) is 19.6 Å². The van der Waals surface area contributed by atoms with Gasteiger partial charge < -0.3 is 14.7 Å². The molecule has 1 N–H and O–H groups in total. The first-order valence-corrected chi connectivity index (χ1v) is 6.83. The number of oxime groups is 1. The minimum Gasteiger partial charge on any atom is -0.477 e. The van der Waals surface area contributed by atoms with Crippen LogP contribution in [0.1, 0.15) is 31.2 Å². The maximum absolute atomic E-state index is 10.7. The number of unbranched alkanes of at least 4 members (excludes halogenated alkanes) is 1. The minimum absolute atomic E-state index is 0.0878. The molecule has 5 heteroatoms. The van der Waals surface area contributed by atoms with Gasteiger partial charge in [-0.2, -0.15) is 0 Å². The van der Waals surface area contributed by atoms with Crippen molar-refractivity contribution in [3.63, 3.8) is 0 Å². The average Bonchev–Trinajstić information content (AvgIpc) is 2.93. The lowest BCUT2D eigenvalue weighted by molar-refractivity contribution is -0.129. The fourth-order valence-corrected chi connectivity index (χ4v) is 2.05. The highest BCUT2D eigenvalue weighted by Crippen LogP contribution is 2.16. The van der Waals surface area contributed by atoms with Crippen LogP contribution in [-0.4, -0.2) is 29.5 Å². The van der Waals surface area contributed by atoms with Gasteiger partial charge in [0.05, 0.1) is 6.61 Å². The Hall–Kier alpha value is -1.88. The van der Waals surface area contributed by atoms with Gasteiger partial charge in [0, 0.05) is 13.0 Å². The highest BCUT2D eigenvalue weighted by Gasteiger charge is 2.24. The Morgan fingerprint density at radius 2 is 2.15 bits per heavy atom. The van der Waals surface area contributed by atoms with Crippen molar-refractivity contribution in [1.29, 1.82) is 0 Å². The van der Waals surface area contributed by atoms with Crippen LogP contribution in [0.2, 0.25) is 0 Å². The van der Waals surface area contributed by atoms with E-state index in [4.69, 9.17) is 14.7 Å². The zero-order chi connectivity index (χ0) is 14.2. The molecule has 1 atom stereocenters. The van der Waals surface area contributed by atoms with Gasteiger partial charge in [-0.15, -0.1) is 0 Å². The van der Waals surface area contributed by atoms with Crippen molar-refractivity contribution in [1.82, 2.24) is 0 Å². The lowest BCUT2D eigenvalue weighted by Gasteiger charge is -2.08. The molecule has 2 rings (SSSR count). The Morgan fingerprint density at radius 1 is 1.35 bits per heavy atom. The molecule has 0 radical (unpaired) electrons. The molecule has 0 spiro atoms. The highest BCUT2D eigenvalue weighted by molar-refractivity contribution is 6.35. The second kappa shape index (κ2) is 7.65. The molecule has 0 aliphatic carbocycles. The molecule has 0 fully saturated rings. The predicted octanol–water partition coefficient (Wildman–Crippen LogP) is 2.60. The van der Waals surface area contributed by atoms with Crippen molar-refractivity contribution in [2.24, 2.45) is 5.16 Å². The Balaban J connectivity index is 1.50. The molecule has 1 unspecified atom stereocenters. The molecule has 0 saturated carbocycles. The summed E-state index contributed by atoms with van der Waals surface area (Å²) >= 11 is 0. The van der Waals surface area contributed by atoms with Crippen LogP contribution in [0.5, 0.6) is 0 Å². The number of ether oxygens (including phenoxy) is 1. The van der Waals surface area contributed by atoms with Crippen LogP contribution in [-0.2, 0) is 21.0 Å². The summed E-state index contributed by atoms with van der Waals surface area (Å²) in [6, 6.07) is 10.1. The van der Waals surface area contributed by atoms with Gasteiger partial charge >= 0.3 is 5.97 Å². The Labute approximate surface area is 118 Å². The van der Waals surface area contributed by atoms with E-state index >= 15 is 0 Å². The van der Waals surface area contributed by atoms with Crippen LogP contribution in [0.4, 0.5) is 0 Å². The van der Waals surface area contributed by atoms with Crippen molar-refractivity contribution < 1.29 is 19.5 Å². The van der Waals surface area contributed by atoms with E-state index < -0.39 is 5.97 Å². The first-order valence-electron chi connectivity index (χ1n) is 6.83. The summed E-state index contributed by atoms with van der Waals surface area (Å²) in [4.78, 5) is 15.7. The maximum atomic E-state index is 10.7. The molecule has 1 aliphatic heterocycles. The molecule has 20 heavy (non-hydrogen) atoms. The number of hydrogen-bond acceptors (Lipinski definition) is 4. The molecule has 0 aromatic heterocycles. The lowest BCUT2D eigenvalue weighted by Crippen LogP contribution is -2.14. The Kier molecular flexibility index (Phi) is 5.55. The number of carboxylic acid groups (broad SMARTS) is 1. The van der Waals surface area contributed by atoms with Gasteiger partial charge in [-0.25, -0.2) is 4.79 Å². The van der Waals surface area contributed by atoms with Crippen molar-refractivity contribution in [3.8, 4) is 0 Å². The standard InChI is InChI=1S/C15H19NO4/c17-15(18)14-10-13(20-16-14)8-4-5-9-19-11-12-6-2-1-3-7-12/h1-3,6-7,13H,4-5,8-11H2,(H,17,18). The van der Waals surface area contributed by atoms with E-state index in [0.717, 1.165) is 19.3 Å². The van der Waals surface area contributed by atoms with Crippen LogP contribution >= 0.6 is 0 Å². The van der Waals surface area contributed by atoms with Gasteiger partial charge in [-0.1, -0.05) is 35.5 Å². The molecular formula is C15H19NO4. The summed E-state index contributed by atoms with van der Waals surface area (Å²) in [5, 5.41) is 12.3. The number of nitrogens with zero attached hydrogens (tertiary/aromatic N) is 1. The van der Waals surface area contributed by atoms with Crippen LogP contribution in [0.15, 0.2) is 35.5 Å². The number of hydrogen-bond donors (Lipinski definition) is 1. The average molecular weight is 277 g/mol. The van der Waals surface area contributed by atoms with E-state index in [1.54, 1.807) is 0 Å². The molecule has 0 bridgehead atoms. The molecule has 1 heterocycles. The largest absolute Gasteiger partial charge is 0.477 e. The van der Waals surface area contributed by atoms with Crippen molar-refractivity contribution in [3.05, 3.63) is 35.9 Å². The van der Waals surface area contributed by atoms with E-state index in [9.17, 15) is 4.79 Å². The van der Waals surface area contributed by atoms with Crippen LogP contribution in [0.25, 0.3) is 0 Å². The van der Waals surface area contributed by atoms with E-state index in [1.807, 2.05) is 30.3 Å². The van der Waals surface area contributed by atoms with Crippen LogP contribution in [0, 0.1) is 0 Å². The van der Waals surface area contributed by atoms with E-state index in [2.05, 4.69) is 5.16 Å². The summed E-state index contributed by atoms with van der Waals surface area (Å²) in [7, 11) is 0. The molecule has 0 saturated heterocycles. The van der Waals surface area contributed by atoms with Crippen molar-refractivity contribution in [2.45, 2.75) is 38.4 Å². The van der Waals surface area contributed by atoms with Crippen molar-refractivity contribution >= 4 is 11.7 Å². The Morgan fingerprint density at radius 3 is 2.85 bits per heavy atom. The van der Waals surface area contributed by atoms with Crippen LogP contribution < -0.4 is 0 Å². The second-order valence-electron chi connectivity index (χ2n) is 4.81. The minimum atomic E-state index is -0.987. The zero-order valence-electron chi connectivity index (χ0n) is 11.3. The molecule has 108 valence electrons. The number of benzene rings is 1. The van der Waals surface area contributed by atoms with Gasteiger partial charge in [-0.05, 0) is 24.8 Å². The third-order valence-electron chi connectivity index (χ3n) is 3.16. The number of rotatable bonds is 8. The molecule has 0 amide bonds. The molecule has 1 aliphatic rings. The summed E-state index contributed by atoms with van der Waals surface area (Å²) in [6.07, 6.45) is 3.02. The van der Waals surface area contributed by atoms with Gasteiger partial charge in [0.25, 0.3) is 0 Å². The van der Waals surface area contributed by atoms with E-state index in [-0.39, 0.29) is 11.8 Å². The predicted molar refractivity (Wildman–Crippen MR) is 74.5 cm³/mol. The van der Waals surface area contributed by atoms with Gasteiger partial charge in [0.15, 0.2) is 5.71 Å². The van der Waals surface area contributed by atoms with Crippen molar-refractivity contribution in [2.75, 3.05) is 6.61 Å². The number of carboxylic acids is 1. The first kappa shape index (κ1) is 14.5. The lowest BCUT2D eigenvalue weighted by atomic mass is 10.1. The van der Waals surface area contributed by atoms with Gasteiger partial charge in [-0.3, -0.25) is 0 Å². The van der Waals surface area contributed by atoms with E-state index in [1.165, 1.54) is 5.56 Å². The fraction of sp³-hybridized carbons (Fsp3) is 0.467. The summed E-state index contributed by atoms with van der Waals surface area (Å²) in [5.41, 5.74) is 1.29. The first-order chi connectivity index (χ1) is 9.75. The quantitative estimate of drug-likeness (QED) is 0.742. The zero-order valence-corrected chi connectivity index (χ0v) is 11.3. The molecular weight excluding hydrogens is 258 g/mol. The number of aliphatic carboxylic acids is 1. The SMILES string of the molecule is O=C(O)C1=NOC(CCCCOCc2ccccc2)C1. The topological polar surface area (TPSA) is 68.1 Å². The maximum Gasteiger partial charge on any atom is 0.353 e. The summed E-state index contributed by atoms with van der Waals surface area (Å²) in [6.45, 7) is 1.33. The summed E-state index contributed by atoms with van der Waals surface area (Å²) in [5.74, 6) is -0.987. The Bertz CT molecular complexity index is 458. The third kappa shape index (κ3) is 4.66. The highest BCUT2D eigenvalue weighted by atomic mass is 16.6. The smallest absolute Gasteiger partial charge is 0.353 e. The van der Waals surface area contributed by atoms with Gasteiger partial charge in [0.1, 0.15) is 6.10 Å². The summed E-state index contributed by atoms with van der Waals surface area (Å²) < 4.78 is 5.58. The normalized spacial score (nSPS) is 17.6. The fourth-order valence-electron chi connectivity index (χ4n) is 2.05.